The minimum absolute atomic E-state index is 0.0453. The first-order valence-electron chi connectivity index (χ1n) is 4.88. The summed E-state index contributed by atoms with van der Waals surface area (Å²) in [5.41, 5.74) is 0.269. The maximum atomic E-state index is 12.1. The Balaban J connectivity index is 2.62. The number of aryl methyl sites for hydroxylation is 1. The first kappa shape index (κ1) is 11.5. The normalized spacial score (nSPS) is 11.4. The van der Waals surface area contributed by atoms with Crippen molar-refractivity contribution in [3.63, 3.8) is 0 Å². The Morgan fingerprint density at radius 3 is 2.35 bits per heavy atom. The molecule has 0 bridgehead atoms. The Hall–Kier alpha value is -1.95. The largest absolute Gasteiger partial charge is 0.286 e. The molecular weight excluding hydrogens is 240 g/mol. The van der Waals surface area contributed by atoms with Crippen LogP contribution in [0.4, 0.5) is 0 Å². The van der Waals surface area contributed by atoms with Gasteiger partial charge >= 0.3 is 0 Å². The van der Waals surface area contributed by atoms with Crippen molar-refractivity contribution in [3.8, 4) is 0 Å². The van der Waals surface area contributed by atoms with Gasteiger partial charge in [-0.15, -0.1) is 4.09 Å². The molecule has 0 spiro atoms. The second kappa shape index (κ2) is 4.14. The number of nitrogens with zero attached hydrogens (tertiary/aromatic N) is 2. The molecule has 1 heterocycles. The van der Waals surface area contributed by atoms with Gasteiger partial charge in [0, 0.05) is 12.3 Å². The summed E-state index contributed by atoms with van der Waals surface area (Å²) in [6.45, 7) is 1.85. The molecule has 0 aliphatic rings. The van der Waals surface area contributed by atoms with Gasteiger partial charge in [0.25, 0.3) is 15.6 Å². The second-order valence-corrected chi connectivity index (χ2v) is 5.29. The van der Waals surface area contributed by atoms with Crippen LogP contribution in [-0.2, 0) is 10.0 Å². The lowest BCUT2D eigenvalue weighted by atomic mass is 10.2. The molecule has 0 N–H and O–H groups in total. The highest BCUT2D eigenvalue weighted by atomic mass is 32.2. The summed E-state index contributed by atoms with van der Waals surface area (Å²) in [6.07, 6.45) is 1.26. The maximum Gasteiger partial charge on any atom is 0.286 e. The summed E-state index contributed by atoms with van der Waals surface area (Å²) in [5, 5.41) is 3.56. The van der Waals surface area contributed by atoms with Gasteiger partial charge < -0.3 is 0 Å². The number of rotatable bonds is 2. The molecule has 0 unspecified atom stereocenters. The minimum atomic E-state index is -3.89. The Morgan fingerprint density at radius 2 is 1.76 bits per heavy atom. The molecule has 17 heavy (non-hydrogen) atoms. The third-order valence-corrected chi connectivity index (χ3v) is 3.83. The summed E-state index contributed by atoms with van der Waals surface area (Å²) in [4.78, 5) is 11.5. The van der Waals surface area contributed by atoms with Crippen LogP contribution in [0.2, 0.25) is 0 Å². The van der Waals surface area contributed by atoms with E-state index in [4.69, 9.17) is 0 Å². The lowest BCUT2D eigenvalue weighted by Gasteiger charge is -2.05. The molecule has 0 atom stereocenters. The zero-order valence-electron chi connectivity index (χ0n) is 9.07. The number of aromatic nitrogens is 2. The molecule has 2 aromatic rings. The van der Waals surface area contributed by atoms with Gasteiger partial charge in [0.2, 0.25) is 0 Å². The fourth-order valence-corrected chi connectivity index (χ4v) is 2.49. The molecule has 0 fully saturated rings. The first-order chi connectivity index (χ1) is 8.01. The van der Waals surface area contributed by atoms with E-state index in [0.29, 0.717) is 4.09 Å². The van der Waals surface area contributed by atoms with Crippen molar-refractivity contribution in [2.24, 2.45) is 0 Å². The fraction of sp³-hybridized carbons (Fsp3) is 0.0909. The lowest BCUT2D eigenvalue weighted by Crippen LogP contribution is -2.28. The lowest BCUT2D eigenvalue weighted by molar-refractivity contribution is 0.575. The number of benzene rings is 1. The van der Waals surface area contributed by atoms with E-state index in [-0.39, 0.29) is 4.90 Å². The van der Waals surface area contributed by atoms with Crippen molar-refractivity contribution in [3.05, 3.63) is 58.5 Å². The minimum Gasteiger partial charge on any atom is -0.267 e. The highest BCUT2D eigenvalue weighted by molar-refractivity contribution is 7.89. The van der Waals surface area contributed by atoms with Crippen LogP contribution in [0, 0.1) is 6.92 Å². The average Bonchev–Trinajstić information content (AvgIpc) is 2.30. The fourth-order valence-electron chi connectivity index (χ4n) is 1.34. The molecular formula is C11H10N2O3S. The van der Waals surface area contributed by atoms with Gasteiger partial charge in [-0.25, -0.2) is 0 Å². The molecule has 6 heteroatoms. The van der Waals surface area contributed by atoms with Crippen LogP contribution in [0.3, 0.4) is 0 Å². The predicted octanol–water partition coefficient (Wildman–Crippen LogP) is 0.789. The van der Waals surface area contributed by atoms with E-state index in [1.807, 2.05) is 6.92 Å². The SMILES string of the molecule is Cc1ccc(S(=O)(=O)n2ncccc2=O)cc1. The Kier molecular flexibility index (Phi) is 2.81. The average molecular weight is 250 g/mol. The molecule has 1 aromatic heterocycles. The van der Waals surface area contributed by atoms with Crippen molar-refractivity contribution in [2.75, 3.05) is 0 Å². The molecule has 0 aliphatic heterocycles. The summed E-state index contributed by atoms with van der Waals surface area (Å²) in [5.74, 6) is 0. The zero-order chi connectivity index (χ0) is 12.5. The third kappa shape index (κ3) is 2.12. The van der Waals surface area contributed by atoms with Crippen molar-refractivity contribution >= 4 is 10.0 Å². The van der Waals surface area contributed by atoms with E-state index in [1.165, 1.54) is 24.4 Å². The number of hydrogen-bond acceptors (Lipinski definition) is 4. The van der Waals surface area contributed by atoms with Crippen LogP contribution >= 0.6 is 0 Å². The van der Waals surface area contributed by atoms with E-state index in [1.54, 1.807) is 12.1 Å². The van der Waals surface area contributed by atoms with Gasteiger partial charge in [0.15, 0.2) is 0 Å². The molecule has 1 aromatic carbocycles. The molecule has 0 aliphatic carbocycles. The van der Waals surface area contributed by atoms with Crippen LogP contribution in [0.5, 0.6) is 0 Å². The summed E-state index contributed by atoms with van der Waals surface area (Å²) in [6, 6.07) is 8.78. The summed E-state index contributed by atoms with van der Waals surface area (Å²) < 4.78 is 24.6. The smallest absolute Gasteiger partial charge is 0.267 e. The van der Waals surface area contributed by atoms with E-state index in [9.17, 15) is 13.2 Å². The van der Waals surface area contributed by atoms with Gasteiger partial charge in [-0.2, -0.15) is 13.5 Å². The van der Waals surface area contributed by atoms with Gasteiger partial charge in [0.1, 0.15) is 0 Å². The standard InChI is InChI=1S/C11H10N2O3S/c1-9-4-6-10(7-5-9)17(15,16)13-11(14)3-2-8-12-13/h2-8H,1H3. The molecule has 0 saturated carbocycles. The molecule has 0 saturated heterocycles. The first-order valence-corrected chi connectivity index (χ1v) is 6.32. The van der Waals surface area contributed by atoms with E-state index in [0.717, 1.165) is 11.6 Å². The van der Waals surface area contributed by atoms with Crippen molar-refractivity contribution < 1.29 is 8.42 Å². The van der Waals surface area contributed by atoms with Gasteiger partial charge in [-0.05, 0) is 25.1 Å². The van der Waals surface area contributed by atoms with E-state index < -0.39 is 15.6 Å². The summed E-state index contributed by atoms with van der Waals surface area (Å²) >= 11 is 0. The van der Waals surface area contributed by atoms with Gasteiger partial charge in [0.05, 0.1) is 4.90 Å². The van der Waals surface area contributed by atoms with Crippen LogP contribution in [0.1, 0.15) is 5.56 Å². The Morgan fingerprint density at radius 1 is 1.12 bits per heavy atom. The molecule has 5 nitrogen and oxygen atoms in total. The van der Waals surface area contributed by atoms with Crippen molar-refractivity contribution in [2.45, 2.75) is 11.8 Å². The van der Waals surface area contributed by atoms with E-state index >= 15 is 0 Å². The molecule has 88 valence electrons. The number of hydrogen-bond donors (Lipinski definition) is 0. The van der Waals surface area contributed by atoms with Crippen LogP contribution in [-0.4, -0.2) is 17.6 Å². The molecule has 2 rings (SSSR count). The zero-order valence-corrected chi connectivity index (χ0v) is 9.89. The quantitative estimate of drug-likeness (QED) is 0.790. The van der Waals surface area contributed by atoms with E-state index in [2.05, 4.69) is 5.10 Å². The Labute approximate surface area is 98.4 Å². The topological polar surface area (TPSA) is 69.0 Å². The van der Waals surface area contributed by atoms with Crippen molar-refractivity contribution in [1.29, 1.82) is 0 Å². The maximum absolute atomic E-state index is 12.1. The second-order valence-electron chi connectivity index (χ2n) is 3.52. The highest BCUT2D eigenvalue weighted by Gasteiger charge is 2.18. The molecule has 0 radical (unpaired) electrons. The summed E-state index contributed by atoms with van der Waals surface area (Å²) in [7, 11) is -3.89. The van der Waals surface area contributed by atoms with Crippen molar-refractivity contribution in [1.82, 2.24) is 9.19 Å². The predicted molar refractivity (Wildman–Crippen MR) is 62.3 cm³/mol. The molecule has 0 amide bonds. The van der Waals surface area contributed by atoms with Crippen LogP contribution in [0.15, 0.2) is 52.3 Å². The third-order valence-electron chi connectivity index (χ3n) is 2.23. The van der Waals surface area contributed by atoms with Crippen LogP contribution < -0.4 is 5.56 Å². The monoisotopic (exact) mass is 250 g/mol. The Bertz CT molecular complexity index is 687. The van der Waals surface area contributed by atoms with Gasteiger partial charge in [-0.1, -0.05) is 17.7 Å². The van der Waals surface area contributed by atoms with Crippen LogP contribution in [0.25, 0.3) is 0 Å². The highest BCUT2D eigenvalue weighted by Crippen LogP contribution is 2.11. The van der Waals surface area contributed by atoms with Gasteiger partial charge in [-0.3, -0.25) is 4.79 Å².